The second-order valence-corrected chi connectivity index (χ2v) is 10.3. The van der Waals surface area contributed by atoms with Crippen LogP contribution in [0.2, 0.25) is 0 Å². The maximum atomic E-state index is 14.9. The van der Waals surface area contributed by atoms with Crippen molar-refractivity contribution in [2.45, 2.75) is 103 Å². The molecule has 2 aliphatic carbocycles. The monoisotopic (exact) mass is 458 g/mol. The molecule has 2 saturated carbocycles. The van der Waals surface area contributed by atoms with Crippen molar-refractivity contribution < 1.29 is 17.9 Å². The molecule has 0 spiro atoms. The van der Waals surface area contributed by atoms with Crippen molar-refractivity contribution in [2.24, 2.45) is 5.92 Å². The van der Waals surface area contributed by atoms with Gasteiger partial charge in [-0.25, -0.2) is 13.2 Å². The van der Waals surface area contributed by atoms with Gasteiger partial charge >= 0.3 is 0 Å². The van der Waals surface area contributed by atoms with E-state index in [0.717, 1.165) is 68.4 Å². The van der Waals surface area contributed by atoms with Gasteiger partial charge in [-0.1, -0.05) is 44.0 Å². The first-order valence-electron chi connectivity index (χ1n) is 12.8. The molecular formula is C29H37F3O. The first-order chi connectivity index (χ1) is 16.0. The lowest BCUT2D eigenvalue weighted by Crippen LogP contribution is -2.21. The third-order valence-corrected chi connectivity index (χ3v) is 7.92. The Hall–Kier alpha value is -1.81. The zero-order chi connectivity index (χ0) is 23.4. The fourth-order valence-corrected chi connectivity index (χ4v) is 5.91. The Morgan fingerprint density at radius 3 is 2.09 bits per heavy atom. The van der Waals surface area contributed by atoms with E-state index in [0.29, 0.717) is 11.1 Å². The molecule has 33 heavy (non-hydrogen) atoms. The van der Waals surface area contributed by atoms with Gasteiger partial charge in [-0.2, -0.15) is 0 Å². The summed E-state index contributed by atoms with van der Waals surface area (Å²) < 4.78 is 50.0. The summed E-state index contributed by atoms with van der Waals surface area (Å²) in [5.74, 6) is -0.501. The average molecular weight is 459 g/mol. The number of ether oxygens (including phenoxy) is 1. The lowest BCUT2D eigenvalue weighted by atomic mass is 9.77. The van der Waals surface area contributed by atoms with Crippen LogP contribution in [-0.2, 0) is 11.3 Å². The second-order valence-electron chi connectivity index (χ2n) is 10.3. The van der Waals surface area contributed by atoms with Gasteiger partial charge in [0.25, 0.3) is 0 Å². The molecule has 0 aromatic heterocycles. The fraction of sp³-hybridized carbons (Fsp3) is 0.586. The van der Waals surface area contributed by atoms with Crippen LogP contribution in [0.25, 0.3) is 0 Å². The summed E-state index contributed by atoms with van der Waals surface area (Å²) in [7, 11) is 0. The molecule has 4 heteroatoms. The minimum absolute atomic E-state index is 0.00532. The van der Waals surface area contributed by atoms with Crippen molar-refractivity contribution in [1.29, 1.82) is 0 Å². The van der Waals surface area contributed by atoms with Crippen molar-refractivity contribution in [1.82, 2.24) is 0 Å². The maximum absolute atomic E-state index is 14.9. The molecule has 0 amide bonds. The molecule has 2 fully saturated rings. The molecule has 0 saturated heterocycles. The summed E-state index contributed by atoms with van der Waals surface area (Å²) >= 11 is 0. The van der Waals surface area contributed by atoms with Crippen molar-refractivity contribution in [3.05, 3.63) is 70.0 Å². The normalized spacial score (nSPS) is 25.8. The summed E-state index contributed by atoms with van der Waals surface area (Å²) in [4.78, 5) is 0. The molecule has 0 unspecified atom stereocenters. The number of halogens is 3. The predicted molar refractivity (Wildman–Crippen MR) is 127 cm³/mol. The van der Waals surface area contributed by atoms with Crippen molar-refractivity contribution in [2.75, 3.05) is 0 Å². The Morgan fingerprint density at radius 2 is 1.42 bits per heavy atom. The Balaban J connectivity index is 1.30. The van der Waals surface area contributed by atoms with Gasteiger partial charge in [0.05, 0.1) is 12.7 Å². The van der Waals surface area contributed by atoms with Crippen LogP contribution in [-0.4, -0.2) is 6.10 Å². The molecule has 4 rings (SSSR count). The Labute approximate surface area is 196 Å². The van der Waals surface area contributed by atoms with Gasteiger partial charge in [-0.05, 0) is 98.8 Å². The number of rotatable bonds is 7. The summed E-state index contributed by atoms with van der Waals surface area (Å²) in [5, 5.41) is 0. The van der Waals surface area contributed by atoms with Crippen molar-refractivity contribution in [3.63, 3.8) is 0 Å². The van der Waals surface area contributed by atoms with E-state index in [1.54, 1.807) is 18.2 Å². The number of hydrogen-bond donors (Lipinski definition) is 0. The maximum Gasteiger partial charge on any atom is 0.164 e. The molecule has 2 aromatic rings. The van der Waals surface area contributed by atoms with E-state index in [1.807, 2.05) is 19.1 Å². The quantitative estimate of drug-likeness (QED) is 0.403. The molecule has 0 aliphatic heterocycles. The van der Waals surface area contributed by atoms with Crippen LogP contribution < -0.4 is 0 Å². The van der Waals surface area contributed by atoms with Gasteiger partial charge in [0.1, 0.15) is 5.82 Å². The number of benzene rings is 2. The van der Waals surface area contributed by atoms with Crippen molar-refractivity contribution in [3.8, 4) is 0 Å². The standard InChI is InChI=1S/C29H37F3O/c1-3-4-20-6-8-22(9-7-20)26-16-12-23(28(31)29(26)32)18-33-24-13-10-21(11-14-24)25-15-5-19(2)17-27(25)30/h5,12,15-17,20-22,24H,3-4,6-11,13-14,18H2,1-2H3. The lowest BCUT2D eigenvalue weighted by molar-refractivity contribution is 0.0116. The zero-order valence-electron chi connectivity index (χ0n) is 20.0. The van der Waals surface area contributed by atoms with Crippen LogP contribution >= 0.6 is 0 Å². The zero-order valence-corrected chi connectivity index (χ0v) is 20.0. The molecule has 0 atom stereocenters. The molecule has 0 N–H and O–H groups in total. The SMILES string of the molecule is CCCC1CCC(c2ccc(COC3CCC(c4ccc(C)cc4F)CC3)c(F)c2F)CC1. The molecule has 2 aliphatic rings. The molecule has 2 aromatic carbocycles. The molecule has 0 radical (unpaired) electrons. The molecule has 0 heterocycles. The van der Waals surface area contributed by atoms with E-state index in [9.17, 15) is 13.2 Å². The van der Waals surface area contributed by atoms with E-state index < -0.39 is 11.6 Å². The highest BCUT2D eigenvalue weighted by atomic mass is 19.2. The highest BCUT2D eigenvalue weighted by Gasteiger charge is 2.27. The van der Waals surface area contributed by atoms with Crippen LogP contribution in [0.3, 0.4) is 0 Å². The third-order valence-electron chi connectivity index (χ3n) is 7.92. The second kappa shape index (κ2) is 11.1. The summed E-state index contributed by atoms with van der Waals surface area (Å²) in [6.45, 7) is 4.18. The van der Waals surface area contributed by atoms with Gasteiger partial charge in [0.15, 0.2) is 11.6 Å². The van der Waals surface area contributed by atoms with Gasteiger partial charge in [-0.15, -0.1) is 0 Å². The molecule has 0 bridgehead atoms. The van der Waals surface area contributed by atoms with Crippen LogP contribution in [0.4, 0.5) is 13.2 Å². The molecular weight excluding hydrogens is 421 g/mol. The van der Waals surface area contributed by atoms with E-state index in [-0.39, 0.29) is 30.4 Å². The topological polar surface area (TPSA) is 9.23 Å². The van der Waals surface area contributed by atoms with Gasteiger partial charge < -0.3 is 4.74 Å². The van der Waals surface area contributed by atoms with Crippen LogP contribution in [0.5, 0.6) is 0 Å². The minimum atomic E-state index is -0.751. The lowest BCUT2D eigenvalue weighted by Gasteiger charge is -2.30. The van der Waals surface area contributed by atoms with E-state index in [4.69, 9.17) is 4.74 Å². The first-order valence-corrected chi connectivity index (χ1v) is 12.8. The Morgan fingerprint density at radius 1 is 0.788 bits per heavy atom. The number of aryl methyl sites for hydroxylation is 1. The van der Waals surface area contributed by atoms with E-state index in [2.05, 4.69) is 6.92 Å². The predicted octanol–water partition coefficient (Wildman–Crippen LogP) is 8.73. The third kappa shape index (κ3) is 5.82. The van der Waals surface area contributed by atoms with Crippen LogP contribution in [0.1, 0.15) is 105 Å². The highest BCUT2D eigenvalue weighted by Crippen LogP contribution is 2.39. The van der Waals surface area contributed by atoms with Gasteiger partial charge in [0.2, 0.25) is 0 Å². The van der Waals surface area contributed by atoms with E-state index >= 15 is 0 Å². The summed E-state index contributed by atoms with van der Waals surface area (Å²) in [6, 6.07) is 8.93. The smallest absolute Gasteiger partial charge is 0.164 e. The van der Waals surface area contributed by atoms with Gasteiger partial charge in [0, 0.05) is 5.56 Å². The molecule has 180 valence electrons. The highest BCUT2D eigenvalue weighted by molar-refractivity contribution is 5.29. The van der Waals surface area contributed by atoms with Gasteiger partial charge in [-0.3, -0.25) is 0 Å². The average Bonchev–Trinajstić information content (AvgIpc) is 2.81. The van der Waals surface area contributed by atoms with E-state index in [1.165, 1.54) is 12.8 Å². The van der Waals surface area contributed by atoms with Crippen molar-refractivity contribution >= 4 is 0 Å². The number of hydrogen-bond acceptors (Lipinski definition) is 1. The molecule has 1 nitrogen and oxygen atoms in total. The Kier molecular flexibility index (Phi) is 8.16. The first kappa shape index (κ1) is 24.3. The Bertz CT molecular complexity index is 925. The summed E-state index contributed by atoms with van der Waals surface area (Å²) in [5.41, 5.74) is 2.54. The van der Waals surface area contributed by atoms with Crippen LogP contribution in [0, 0.1) is 30.3 Å². The largest absolute Gasteiger partial charge is 0.373 e. The van der Waals surface area contributed by atoms with Crippen LogP contribution in [0.15, 0.2) is 30.3 Å². The summed E-state index contributed by atoms with van der Waals surface area (Å²) in [6.07, 6.45) is 9.86. The fourth-order valence-electron chi connectivity index (χ4n) is 5.91. The minimum Gasteiger partial charge on any atom is -0.373 e.